The number of piperidine rings is 2. The molecule has 2 aromatic carbocycles. The number of ether oxygens (including phenoxy) is 8. The number of hydroxylamine groups is 4. The Morgan fingerprint density at radius 3 is 1.26 bits per heavy atom. The molecule has 0 aromatic heterocycles. The number of hydrogen-bond acceptors (Lipinski definition) is 23. The zero-order valence-electron chi connectivity index (χ0n) is 57.7. The Hall–Kier alpha value is -4.58. The number of alkyl halides is 2. The van der Waals surface area contributed by atoms with Crippen molar-refractivity contribution in [3.63, 3.8) is 0 Å². The molecule has 3 aliphatic heterocycles. The first kappa shape index (κ1) is 83.6. The third-order valence-corrected chi connectivity index (χ3v) is 20.8. The number of benzene rings is 2. The van der Waals surface area contributed by atoms with E-state index >= 15 is 0 Å². The number of hydrogen-bond donors (Lipinski definition) is 4. The van der Waals surface area contributed by atoms with Gasteiger partial charge in [0.25, 0.3) is 0 Å². The zero-order valence-corrected chi connectivity index (χ0v) is 60.8. The number of carboxylic acids is 1. The van der Waals surface area contributed by atoms with Gasteiger partial charge < -0.3 is 58.5 Å². The molecule has 536 valence electrons. The number of carbonyl (C=O) groups excluding carboxylic acids is 5. The summed E-state index contributed by atoms with van der Waals surface area (Å²) in [7, 11) is -7.86. The van der Waals surface area contributed by atoms with Crippen LogP contribution in [0, 0.1) is 24.7 Å². The maximum absolute atomic E-state index is 13.3. The molecular weight excluding hydrogens is 1310 g/mol. The highest BCUT2D eigenvalue weighted by Gasteiger charge is 2.51. The van der Waals surface area contributed by atoms with E-state index in [1.54, 1.807) is 24.3 Å². The van der Waals surface area contributed by atoms with E-state index in [-0.39, 0.29) is 67.6 Å². The molecule has 28 heteroatoms. The van der Waals surface area contributed by atoms with Crippen molar-refractivity contribution in [3.8, 4) is 0 Å². The maximum Gasteiger partial charge on any atom is 0.332 e. The molecule has 3 saturated heterocycles. The molecule has 94 heavy (non-hydrogen) atoms. The minimum Gasteiger partial charge on any atom is -0.480 e. The molecule has 4 N–H and O–H groups in total. The lowest BCUT2D eigenvalue weighted by Gasteiger charge is -2.51. The molecule has 0 bridgehead atoms. The van der Waals surface area contributed by atoms with E-state index in [2.05, 4.69) is 0 Å². The second-order valence-corrected chi connectivity index (χ2v) is 34.1. The van der Waals surface area contributed by atoms with E-state index in [0.717, 1.165) is 24.0 Å². The topological polar surface area (TPSA) is 335 Å². The third kappa shape index (κ3) is 26.3. The molecule has 3 heterocycles. The number of epoxide rings is 1. The van der Waals surface area contributed by atoms with Crippen LogP contribution in [0.25, 0.3) is 0 Å². The van der Waals surface area contributed by atoms with Gasteiger partial charge in [0.05, 0.1) is 64.2 Å². The van der Waals surface area contributed by atoms with E-state index in [9.17, 15) is 61.1 Å². The predicted octanol–water partition coefficient (Wildman–Crippen LogP) is 9.33. The molecule has 3 fully saturated rings. The lowest BCUT2D eigenvalue weighted by Crippen LogP contribution is -2.60. The van der Waals surface area contributed by atoms with Crippen LogP contribution in [0.15, 0.2) is 58.3 Å². The van der Waals surface area contributed by atoms with E-state index in [1.807, 2.05) is 83.1 Å². The van der Waals surface area contributed by atoms with Gasteiger partial charge in [0.2, 0.25) is 0 Å². The van der Waals surface area contributed by atoms with Crippen molar-refractivity contribution in [2.45, 2.75) is 241 Å². The summed E-state index contributed by atoms with van der Waals surface area (Å²) >= 11 is 13.0. The summed E-state index contributed by atoms with van der Waals surface area (Å²) in [5, 5.41) is 42.0. The van der Waals surface area contributed by atoms with Gasteiger partial charge in [-0.3, -0.25) is 19.2 Å². The summed E-state index contributed by atoms with van der Waals surface area (Å²) in [6.45, 7) is 27.4. The summed E-state index contributed by atoms with van der Waals surface area (Å²) in [5.74, 6) is -6.16. The van der Waals surface area contributed by atoms with E-state index < -0.39 is 135 Å². The first-order valence-corrected chi connectivity index (χ1v) is 35.7. The smallest absolute Gasteiger partial charge is 0.332 e. The number of sulfone groups is 2. The Bertz CT molecular complexity index is 3030. The molecular formula is C66H104Cl2N2O22S2. The van der Waals surface area contributed by atoms with Crippen molar-refractivity contribution in [1.29, 1.82) is 0 Å². The van der Waals surface area contributed by atoms with Gasteiger partial charge in [0.15, 0.2) is 19.7 Å². The van der Waals surface area contributed by atoms with Crippen LogP contribution in [0.1, 0.15) is 172 Å². The largest absolute Gasteiger partial charge is 0.480 e. The van der Waals surface area contributed by atoms with Gasteiger partial charge in [-0.25, -0.2) is 26.4 Å². The SMILES string of the molecule is CC1(C)CC(OCC(=O)O)CC(C)(C)N1O.CCCCOC(=O)C(C)(CC(C)(Cl)C(=O)OCC(O)COC(=O)COC1CC(C)(C)N(O)C(C)(C)C1)CS(=O)(=O)c1ccc(C)cc1.CCCCOC(=O)C(C)(CC(C)(Cl)C(=O)OCC1CO1)CS(=O)(=O)c1ccc(C)cc1. The summed E-state index contributed by atoms with van der Waals surface area (Å²) < 4.78 is 95.1. The Morgan fingerprint density at radius 1 is 0.574 bits per heavy atom. The molecule has 0 spiro atoms. The number of unbranched alkanes of at least 4 members (excludes halogenated alkanes) is 2. The molecule has 5 rings (SSSR count). The standard InChI is InChI=1S/C33H52ClNO11S.C22H31ClO7S.C11H21NO4/c1-9-10-15-43-28(38)32(7,22-47(41,42)26-13-11-23(2)12-14-26)21-33(8,34)29(39)46-19-24(36)18-45-27(37)20-44-25-16-30(3,4)35(40)31(5,6)17-25;1-5-6-11-28-19(24)21(3,14-22(4,23)20(25)30-13-17-12-29-17)15-31(26,27)18-9-7-16(2)8-10-18;1-10(2)5-8(16-7-9(13)14)6-11(3,4)12(10)15/h11-14,24-25,36,40H,9-10,15-22H2,1-8H3;7-10,17H,5-6,11-15H2,1-4H3;8,15H,5-7H2,1-4H3,(H,13,14). The Kier molecular flexibility index (Phi) is 30.9. The summed E-state index contributed by atoms with van der Waals surface area (Å²) in [4.78, 5) is 71.1. The monoisotopic (exact) mass is 1410 g/mol. The Morgan fingerprint density at radius 2 is 0.915 bits per heavy atom. The van der Waals surface area contributed by atoms with Gasteiger partial charge in [0, 0.05) is 22.2 Å². The average Bonchev–Trinajstić information content (AvgIpc) is 0.872. The number of carboxylic acid groups (broad SMARTS) is 1. The van der Waals surface area contributed by atoms with Crippen molar-refractivity contribution in [2.75, 3.05) is 64.4 Å². The number of esters is 5. The summed E-state index contributed by atoms with van der Waals surface area (Å²) in [6.07, 6.45) is 2.35. The molecule has 6 atom stereocenters. The number of aliphatic carboxylic acids is 1. The van der Waals surface area contributed by atoms with Gasteiger partial charge in [-0.15, -0.1) is 23.2 Å². The number of nitrogens with zero attached hydrogens (tertiary/aromatic N) is 2. The van der Waals surface area contributed by atoms with Gasteiger partial charge in [-0.05, 0) is 173 Å². The molecule has 2 aromatic rings. The van der Waals surface area contributed by atoms with Crippen LogP contribution in [0.4, 0.5) is 0 Å². The number of aliphatic hydroxyl groups excluding tert-OH is 1. The quantitative estimate of drug-likeness (QED) is 0.0174. The fourth-order valence-electron chi connectivity index (χ4n) is 11.5. The fraction of sp³-hybridized carbons (Fsp3) is 0.727. The molecule has 0 radical (unpaired) electrons. The number of carbonyl (C=O) groups is 6. The van der Waals surface area contributed by atoms with Crippen LogP contribution in [0.2, 0.25) is 0 Å². The number of rotatable bonds is 32. The van der Waals surface area contributed by atoms with Crippen molar-refractivity contribution < 1.29 is 104 Å². The predicted molar refractivity (Wildman–Crippen MR) is 350 cm³/mol. The zero-order chi connectivity index (χ0) is 71.7. The Balaban J connectivity index is 0.000000416. The van der Waals surface area contributed by atoms with E-state index in [1.165, 1.54) is 62.1 Å². The second-order valence-electron chi connectivity index (χ2n) is 28.4. The molecule has 24 nitrogen and oxygen atoms in total. The van der Waals surface area contributed by atoms with Crippen molar-refractivity contribution >= 4 is 78.7 Å². The van der Waals surface area contributed by atoms with Gasteiger partial charge in [-0.1, -0.05) is 62.1 Å². The minimum atomic E-state index is -4.00. The lowest BCUT2D eigenvalue weighted by molar-refractivity contribution is -0.261. The van der Waals surface area contributed by atoms with E-state index in [4.69, 9.17) is 66.2 Å². The maximum atomic E-state index is 13.3. The highest BCUT2D eigenvalue weighted by molar-refractivity contribution is 7.91. The van der Waals surface area contributed by atoms with Crippen LogP contribution in [0.5, 0.6) is 0 Å². The van der Waals surface area contributed by atoms with Gasteiger partial charge in [-0.2, -0.15) is 10.1 Å². The van der Waals surface area contributed by atoms with Crippen LogP contribution >= 0.6 is 23.2 Å². The molecule has 3 aliphatic rings. The summed E-state index contributed by atoms with van der Waals surface area (Å²) in [6, 6.07) is 12.6. The fourth-order valence-corrected chi connectivity index (χ4v) is 15.7. The van der Waals surface area contributed by atoms with E-state index in [0.29, 0.717) is 45.1 Å². The highest BCUT2D eigenvalue weighted by atomic mass is 35.5. The lowest BCUT2D eigenvalue weighted by atomic mass is 9.80. The van der Waals surface area contributed by atoms with Crippen LogP contribution in [-0.2, 0) is 86.3 Å². The number of aryl methyl sites for hydroxylation is 2. The number of halogens is 2. The van der Waals surface area contributed by atoms with Gasteiger partial charge >= 0.3 is 35.8 Å². The van der Waals surface area contributed by atoms with Crippen LogP contribution < -0.4 is 0 Å². The van der Waals surface area contributed by atoms with Crippen molar-refractivity contribution in [2.24, 2.45) is 10.8 Å². The van der Waals surface area contributed by atoms with Crippen LogP contribution in [-0.4, -0.2) is 204 Å². The first-order chi connectivity index (χ1) is 43.1. The van der Waals surface area contributed by atoms with Gasteiger partial charge in [0.1, 0.15) is 55.0 Å². The highest BCUT2D eigenvalue weighted by Crippen LogP contribution is 2.42. The Labute approximate surface area is 566 Å². The summed E-state index contributed by atoms with van der Waals surface area (Å²) in [5.41, 5.74) is -3.42. The third-order valence-electron chi connectivity index (χ3n) is 16.2. The molecule has 0 amide bonds. The average molecular weight is 1410 g/mol. The van der Waals surface area contributed by atoms with Crippen molar-refractivity contribution in [3.05, 3.63) is 59.7 Å². The molecule has 6 unspecified atom stereocenters. The normalized spacial score (nSPS) is 20.8. The molecule has 0 aliphatic carbocycles. The minimum absolute atomic E-state index is 0.0147. The first-order valence-electron chi connectivity index (χ1n) is 31.6. The second kappa shape index (κ2) is 34.8. The molecule has 0 saturated carbocycles. The van der Waals surface area contributed by atoms with Crippen molar-refractivity contribution in [1.82, 2.24) is 10.1 Å². The number of aliphatic hydroxyl groups is 1. The van der Waals surface area contributed by atoms with Crippen LogP contribution in [0.3, 0.4) is 0 Å².